The SMILES string of the molecule is COc1ccccc1N(C(C)=O)c1nc(Cn2nnc(-c3ccc(Br)cc3)n2)cs1. The van der Waals surface area contributed by atoms with Gasteiger partial charge in [-0.2, -0.15) is 4.80 Å². The molecule has 1 amide bonds. The summed E-state index contributed by atoms with van der Waals surface area (Å²) < 4.78 is 6.39. The highest BCUT2D eigenvalue weighted by Crippen LogP contribution is 2.35. The van der Waals surface area contributed by atoms with Crippen LogP contribution in [0.15, 0.2) is 58.4 Å². The van der Waals surface area contributed by atoms with Crippen molar-refractivity contribution in [3.05, 3.63) is 64.1 Å². The highest BCUT2D eigenvalue weighted by Gasteiger charge is 2.21. The van der Waals surface area contributed by atoms with Crippen LogP contribution >= 0.6 is 27.3 Å². The van der Waals surface area contributed by atoms with E-state index in [4.69, 9.17) is 4.74 Å². The van der Waals surface area contributed by atoms with Crippen LogP contribution in [0.3, 0.4) is 0 Å². The van der Waals surface area contributed by atoms with Gasteiger partial charge in [-0.05, 0) is 41.6 Å². The Hall–Kier alpha value is -3.11. The summed E-state index contributed by atoms with van der Waals surface area (Å²) in [5, 5.41) is 15.1. The molecule has 30 heavy (non-hydrogen) atoms. The predicted molar refractivity (Wildman–Crippen MR) is 118 cm³/mol. The van der Waals surface area contributed by atoms with E-state index >= 15 is 0 Å². The molecular formula is C20H17BrN6O2S. The van der Waals surface area contributed by atoms with Crippen LogP contribution in [0.2, 0.25) is 0 Å². The van der Waals surface area contributed by atoms with Gasteiger partial charge in [0.15, 0.2) is 5.13 Å². The first-order chi connectivity index (χ1) is 14.5. The molecule has 2 aromatic heterocycles. The number of tetrazole rings is 1. The number of hydrogen-bond donors (Lipinski definition) is 0. The molecule has 10 heteroatoms. The highest BCUT2D eigenvalue weighted by molar-refractivity contribution is 9.10. The molecular weight excluding hydrogens is 468 g/mol. The Morgan fingerprint density at radius 1 is 1.20 bits per heavy atom. The minimum Gasteiger partial charge on any atom is -0.495 e. The van der Waals surface area contributed by atoms with Crippen molar-refractivity contribution in [2.45, 2.75) is 13.5 Å². The Morgan fingerprint density at radius 3 is 2.70 bits per heavy atom. The number of aromatic nitrogens is 5. The van der Waals surface area contributed by atoms with Crippen molar-refractivity contribution >= 4 is 44.0 Å². The molecule has 0 atom stereocenters. The zero-order chi connectivity index (χ0) is 21.1. The van der Waals surface area contributed by atoms with E-state index in [0.717, 1.165) is 15.7 Å². The molecule has 0 spiro atoms. The second kappa shape index (κ2) is 8.72. The number of para-hydroxylation sites is 2. The van der Waals surface area contributed by atoms with Crippen LogP contribution in [0.4, 0.5) is 10.8 Å². The van der Waals surface area contributed by atoms with E-state index in [1.54, 1.807) is 7.11 Å². The van der Waals surface area contributed by atoms with E-state index in [9.17, 15) is 4.79 Å². The third kappa shape index (κ3) is 4.24. The van der Waals surface area contributed by atoms with Crippen LogP contribution < -0.4 is 9.64 Å². The summed E-state index contributed by atoms with van der Waals surface area (Å²) in [6.07, 6.45) is 0. The summed E-state index contributed by atoms with van der Waals surface area (Å²) in [6.45, 7) is 1.84. The molecule has 0 aliphatic heterocycles. The quantitative estimate of drug-likeness (QED) is 0.405. The van der Waals surface area contributed by atoms with E-state index in [1.807, 2.05) is 53.9 Å². The second-order valence-corrected chi connectivity index (χ2v) is 8.05. The van der Waals surface area contributed by atoms with Gasteiger partial charge in [-0.1, -0.05) is 28.1 Å². The first-order valence-corrected chi connectivity index (χ1v) is 10.6. The number of halogens is 1. The van der Waals surface area contributed by atoms with E-state index in [-0.39, 0.29) is 5.91 Å². The number of amides is 1. The zero-order valence-electron chi connectivity index (χ0n) is 16.2. The average Bonchev–Trinajstić information content (AvgIpc) is 3.39. The molecule has 0 aliphatic rings. The highest BCUT2D eigenvalue weighted by atomic mass is 79.9. The van der Waals surface area contributed by atoms with Gasteiger partial charge in [-0.3, -0.25) is 9.69 Å². The molecule has 2 heterocycles. The minimum absolute atomic E-state index is 0.156. The smallest absolute Gasteiger partial charge is 0.230 e. The molecule has 0 fully saturated rings. The lowest BCUT2D eigenvalue weighted by Gasteiger charge is -2.20. The molecule has 4 rings (SSSR count). The molecule has 0 N–H and O–H groups in total. The number of nitrogens with zero attached hydrogens (tertiary/aromatic N) is 6. The van der Waals surface area contributed by atoms with Crippen LogP contribution in [0.5, 0.6) is 5.75 Å². The summed E-state index contributed by atoms with van der Waals surface area (Å²) in [5.41, 5.74) is 2.25. The van der Waals surface area contributed by atoms with Gasteiger partial charge in [-0.25, -0.2) is 4.98 Å². The number of benzene rings is 2. The molecule has 4 aromatic rings. The monoisotopic (exact) mass is 484 g/mol. The summed E-state index contributed by atoms with van der Waals surface area (Å²) in [7, 11) is 1.57. The fourth-order valence-corrected chi connectivity index (χ4v) is 4.00. The molecule has 0 radical (unpaired) electrons. The van der Waals surface area contributed by atoms with Gasteiger partial charge in [0, 0.05) is 22.3 Å². The summed E-state index contributed by atoms with van der Waals surface area (Å²) in [5.74, 6) is 0.982. The lowest BCUT2D eigenvalue weighted by atomic mass is 10.2. The lowest BCUT2D eigenvalue weighted by Crippen LogP contribution is -2.23. The van der Waals surface area contributed by atoms with Gasteiger partial charge < -0.3 is 4.74 Å². The summed E-state index contributed by atoms with van der Waals surface area (Å²) in [4.78, 5) is 20.0. The number of carbonyl (C=O) groups excluding carboxylic acids is 1. The molecule has 0 aliphatic carbocycles. The maximum Gasteiger partial charge on any atom is 0.230 e. The van der Waals surface area contributed by atoms with Crippen LogP contribution in [0, 0.1) is 0 Å². The number of ether oxygens (including phenoxy) is 1. The van der Waals surface area contributed by atoms with Gasteiger partial charge in [-0.15, -0.1) is 21.5 Å². The number of methoxy groups -OCH3 is 1. The Bertz CT molecular complexity index is 1170. The first-order valence-electron chi connectivity index (χ1n) is 8.97. The fraction of sp³-hybridized carbons (Fsp3) is 0.150. The first kappa shape index (κ1) is 20.2. The van der Waals surface area contributed by atoms with E-state index in [0.29, 0.717) is 28.9 Å². The molecule has 0 unspecified atom stereocenters. The van der Waals surface area contributed by atoms with E-state index in [1.165, 1.54) is 28.0 Å². The fourth-order valence-electron chi connectivity index (χ4n) is 2.86. The molecule has 2 aromatic carbocycles. The summed E-state index contributed by atoms with van der Waals surface area (Å²) >= 11 is 4.78. The van der Waals surface area contributed by atoms with Crippen molar-refractivity contribution in [2.75, 3.05) is 12.0 Å². The maximum absolute atomic E-state index is 12.4. The molecule has 152 valence electrons. The van der Waals surface area contributed by atoms with Crippen molar-refractivity contribution in [1.29, 1.82) is 0 Å². The van der Waals surface area contributed by atoms with Gasteiger partial charge >= 0.3 is 0 Å². The number of carbonyl (C=O) groups is 1. The minimum atomic E-state index is -0.156. The van der Waals surface area contributed by atoms with E-state index < -0.39 is 0 Å². The molecule has 0 bridgehead atoms. The van der Waals surface area contributed by atoms with Gasteiger partial charge in [0.2, 0.25) is 11.7 Å². The van der Waals surface area contributed by atoms with Gasteiger partial charge in [0.1, 0.15) is 12.3 Å². The Kier molecular flexibility index (Phi) is 5.86. The van der Waals surface area contributed by atoms with Crippen molar-refractivity contribution in [2.24, 2.45) is 0 Å². The third-order valence-electron chi connectivity index (χ3n) is 4.23. The molecule has 0 saturated heterocycles. The Balaban J connectivity index is 1.56. The lowest BCUT2D eigenvalue weighted by molar-refractivity contribution is -0.115. The summed E-state index contributed by atoms with van der Waals surface area (Å²) in [6, 6.07) is 15.0. The van der Waals surface area contributed by atoms with Crippen molar-refractivity contribution in [1.82, 2.24) is 25.2 Å². The van der Waals surface area contributed by atoms with Crippen LogP contribution in [-0.2, 0) is 11.3 Å². The number of hydrogen-bond acceptors (Lipinski definition) is 7. The number of thiazole rings is 1. The largest absolute Gasteiger partial charge is 0.495 e. The second-order valence-electron chi connectivity index (χ2n) is 6.30. The standard InChI is InChI=1S/C20H17BrN6O2S/c1-13(28)27(17-5-3-4-6-18(17)29-2)20-22-16(12-30-20)11-26-24-19(23-25-26)14-7-9-15(21)10-8-14/h3-10,12H,11H2,1-2H3. The van der Waals surface area contributed by atoms with Crippen LogP contribution in [-0.4, -0.2) is 38.2 Å². The van der Waals surface area contributed by atoms with Crippen LogP contribution in [0.1, 0.15) is 12.6 Å². The van der Waals surface area contributed by atoms with Crippen LogP contribution in [0.25, 0.3) is 11.4 Å². The molecule has 8 nitrogen and oxygen atoms in total. The third-order valence-corrected chi connectivity index (χ3v) is 5.63. The number of anilines is 2. The van der Waals surface area contributed by atoms with Crippen molar-refractivity contribution in [3.8, 4) is 17.1 Å². The topological polar surface area (TPSA) is 86.0 Å². The van der Waals surface area contributed by atoms with E-state index in [2.05, 4.69) is 36.3 Å². The van der Waals surface area contributed by atoms with Crippen molar-refractivity contribution in [3.63, 3.8) is 0 Å². The average molecular weight is 485 g/mol. The number of rotatable bonds is 6. The maximum atomic E-state index is 12.4. The Morgan fingerprint density at radius 2 is 1.97 bits per heavy atom. The predicted octanol–water partition coefficient (Wildman–Crippen LogP) is 4.30. The van der Waals surface area contributed by atoms with Crippen molar-refractivity contribution < 1.29 is 9.53 Å². The zero-order valence-corrected chi connectivity index (χ0v) is 18.6. The molecule has 0 saturated carbocycles. The Labute approximate surface area is 185 Å². The normalized spacial score (nSPS) is 10.8. The van der Waals surface area contributed by atoms with Gasteiger partial charge in [0.25, 0.3) is 0 Å². The van der Waals surface area contributed by atoms with Gasteiger partial charge in [0.05, 0.1) is 18.5 Å².